The lowest BCUT2D eigenvalue weighted by molar-refractivity contribution is -0.147. The lowest BCUT2D eigenvalue weighted by atomic mass is 9.95. The van der Waals surface area contributed by atoms with Crippen molar-refractivity contribution in [3.05, 3.63) is 35.6 Å². The predicted octanol–water partition coefficient (Wildman–Crippen LogP) is 1.37. The molecule has 0 aliphatic carbocycles. The van der Waals surface area contributed by atoms with E-state index < -0.39 is 18.0 Å². The molecule has 0 saturated carbocycles. The fraction of sp³-hybridized carbons (Fsp3) is 0.300. The predicted molar refractivity (Wildman–Crippen MR) is 48.5 cm³/mol. The van der Waals surface area contributed by atoms with Crippen molar-refractivity contribution in [1.29, 1.82) is 0 Å². The van der Waals surface area contributed by atoms with Crippen LogP contribution in [0.1, 0.15) is 18.4 Å². The number of hydrogen-bond acceptors (Lipinski definition) is 2. The Morgan fingerprint density at radius 1 is 1.36 bits per heavy atom. The summed E-state index contributed by atoms with van der Waals surface area (Å²) in [6.45, 7) is 1.58. The van der Waals surface area contributed by atoms with E-state index in [1.165, 1.54) is 24.3 Å². The van der Waals surface area contributed by atoms with E-state index in [1.807, 2.05) is 0 Å². The summed E-state index contributed by atoms with van der Waals surface area (Å²) in [5.41, 5.74) is 0.598. The molecule has 0 bridgehead atoms. The number of carboxylic acids is 1. The lowest BCUT2D eigenvalue weighted by Crippen LogP contribution is -2.25. The Hall–Kier alpha value is -1.42. The molecule has 2 N–H and O–H groups in total. The van der Waals surface area contributed by atoms with Crippen LogP contribution >= 0.6 is 0 Å². The highest BCUT2D eigenvalue weighted by Gasteiger charge is 2.22. The van der Waals surface area contributed by atoms with Gasteiger partial charge in [0.15, 0.2) is 6.10 Å². The fourth-order valence-corrected chi connectivity index (χ4v) is 1.16. The largest absolute Gasteiger partial charge is 0.479 e. The van der Waals surface area contributed by atoms with Gasteiger partial charge in [-0.25, -0.2) is 9.18 Å². The lowest BCUT2D eigenvalue weighted by Gasteiger charge is -2.14. The summed E-state index contributed by atoms with van der Waals surface area (Å²) in [5, 5.41) is 17.8. The third-order valence-electron chi connectivity index (χ3n) is 2.12. The summed E-state index contributed by atoms with van der Waals surface area (Å²) in [6.07, 6.45) is -1.46. The zero-order chi connectivity index (χ0) is 10.7. The first-order valence-electron chi connectivity index (χ1n) is 4.18. The summed E-state index contributed by atoms with van der Waals surface area (Å²) >= 11 is 0. The molecule has 0 radical (unpaired) electrons. The Labute approximate surface area is 80.8 Å². The van der Waals surface area contributed by atoms with Gasteiger partial charge in [-0.2, -0.15) is 0 Å². The molecule has 2 atom stereocenters. The smallest absolute Gasteiger partial charge is 0.333 e. The van der Waals surface area contributed by atoms with Gasteiger partial charge in [0.2, 0.25) is 0 Å². The molecule has 0 amide bonds. The Bertz CT molecular complexity index is 321. The second-order valence-corrected chi connectivity index (χ2v) is 3.12. The average Bonchev–Trinajstić information content (AvgIpc) is 2.16. The molecular weight excluding hydrogens is 187 g/mol. The number of carboxylic acid groups (broad SMARTS) is 1. The topological polar surface area (TPSA) is 57.5 Å². The van der Waals surface area contributed by atoms with Crippen molar-refractivity contribution < 1.29 is 19.4 Å². The standard InChI is InChI=1S/C10H11FO3/c1-6(9(12)10(13)14)7-2-4-8(11)5-3-7/h2-6,9,12H,1H3,(H,13,14). The minimum atomic E-state index is -1.46. The second kappa shape index (κ2) is 4.19. The number of aliphatic hydroxyl groups excluding tert-OH is 1. The molecule has 0 heterocycles. The van der Waals surface area contributed by atoms with Crippen LogP contribution in [0, 0.1) is 5.82 Å². The second-order valence-electron chi connectivity index (χ2n) is 3.12. The third kappa shape index (κ3) is 2.29. The van der Waals surface area contributed by atoms with Crippen molar-refractivity contribution in [3.8, 4) is 0 Å². The van der Waals surface area contributed by atoms with E-state index in [2.05, 4.69) is 0 Å². The number of aliphatic carboxylic acids is 1. The quantitative estimate of drug-likeness (QED) is 0.771. The first-order valence-corrected chi connectivity index (χ1v) is 4.18. The summed E-state index contributed by atoms with van der Waals surface area (Å²) < 4.78 is 12.5. The Kier molecular flexibility index (Phi) is 3.19. The highest BCUT2D eigenvalue weighted by atomic mass is 19.1. The van der Waals surface area contributed by atoms with Gasteiger partial charge in [0.25, 0.3) is 0 Å². The zero-order valence-corrected chi connectivity index (χ0v) is 7.64. The minimum Gasteiger partial charge on any atom is -0.479 e. The number of carbonyl (C=O) groups is 1. The molecule has 0 spiro atoms. The number of benzene rings is 1. The molecule has 0 aromatic heterocycles. The van der Waals surface area contributed by atoms with E-state index in [4.69, 9.17) is 5.11 Å². The van der Waals surface area contributed by atoms with E-state index in [0.717, 1.165) is 0 Å². The molecule has 0 aliphatic rings. The minimum absolute atomic E-state index is 0.384. The van der Waals surface area contributed by atoms with Crippen molar-refractivity contribution in [2.45, 2.75) is 18.9 Å². The normalized spacial score (nSPS) is 14.8. The van der Waals surface area contributed by atoms with Crippen molar-refractivity contribution in [2.24, 2.45) is 0 Å². The summed E-state index contributed by atoms with van der Waals surface area (Å²) in [4.78, 5) is 10.5. The maximum atomic E-state index is 12.5. The van der Waals surface area contributed by atoms with E-state index in [9.17, 15) is 14.3 Å². The van der Waals surface area contributed by atoms with Crippen LogP contribution in [0.25, 0.3) is 0 Å². The van der Waals surface area contributed by atoms with E-state index in [1.54, 1.807) is 6.92 Å². The van der Waals surface area contributed by atoms with Gasteiger partial charge in [0.05, 0.1) is 0 Å². The van der Waals surface area contributed by atoms with Crippen LogP contribution in [-0.2, 0) is 4.79 Å². The summed E-state index contributed by atoms with van der Waals surface area (Å²) in [6, 6.07) is 5.40. The summed E-state index contributed by atoms with van der Waals surface area (Å²) in [5.74, 6) is -2.21. The van der Waals surface area contributed by atoms with Crippen LogP contribution in [0.2, 0.25) is 0 Å². The molecule has 1 rings (SSSR count). The molecule has 2 unspecified atom stereocenters. The van der Waals surface area contributed by atoms with Crippen LogP contribution in [-0.4, -0.2) is 22.3 Å². The Morgan fingerprint density at radius 2 is 1.86 bits per heavy atom. The van der Waals surface area contributed by atoms with Gasteiger partial charge in [0.1, 0.15) is 5.82 Å². The van der Waals surface area contributed by atoms with Crippen molar-refractivity contribution in [1.82, 2.24) is 0 Å². The number of rotatable bonds is 3. The van der Waals surface area contributed by atoms with Gasteiger partial charge in [-0.3, -0.25) is 0 Å². The SMILES string of the molecule is CC(c1ccc(F)cc1)C(O)C(=O)O. The van der Waals surface area contributed by atoms with Crippen LogP contribution in [0.5, 0.6) is 0 Å². The van der Waals surface area contributed by atoms with Crippen LogP contribution in [0.4, 0.5) is 4.39 Å². The molecule has 1 aromatic carbocycles. The average molecular weight is 198 g/mol. The van der Waals surface area contributed by atoms with E-state index in [0.29, 0.717) is 5.56 Å². The molecule has 76 valence electrons. The molecule has 0 aliphatic heterocycles. The molecule has 0 saturated heterocycles. The van der Waals surface area contributed by atoms with E-state index >= 15 is 0 Å². The highest BCUT2D eigenvalue weighted by molar-refractivity contribution is 5.73. The van der Waals surface area contributed by atoms with Gasteiger partial charge in [0, 0.05) is 5.92 Å². The molecule has 1 aromatic rings. The van der Waals surface area contributed by atoms with Gasteiger partial charge >= 0.3 is 5.97 Å². The zero-order valence-electron chi connectivity index (χ0n) is 7.64. The van der Waals surface area contributed by atoms with Gasteiger partial charge in [-0.1, -0.05) is 19.1 Å². The van der Waals surface area contributed by atoms with Crippen LogP contribution in [0.15, 0.2) is 24.3 Å². The monoisotopic (exact) mass is 198 g/mol. The number of halogens is 1. The van der Waals surface area contributed by atoms with Gasteiger partial charge in [-0.15, -0.1) is 0 Å². The Balaban J connectivity index is 2.84. The van der Waals surface area contributed by atoms with Crippen LogP contribution in [0.3, 0.4) is 0 Å². The van der Waals surface area contributed by atoms with E-state index in [-0.39, 0.29) is 5.82 Å². The number of aliphatic hydroxyl groups is 1. The Morgan fingerprint density at radius 3 is 2.29 bits per heavy atom. The maximum absolute atomic E-state index is 12.5. The number of hydrogen-bond donors (Lipinski definition) is 2. The molecular formula is C10H11FO3. The highest BCUT2D eigenvalue weighted by Crippen LogP contribution is 2.19. The van der Waals surface area contributed by atoms with Gasteiger partial charge in [-0.05, 0) is 17.7 Å². The fourth-order valence-electron chi connectivity index (χ4n) is 1.16. The third-order valence-corrected chi connectivity index (χ3v) is 2.12. The van der Waals surface area contributed by atoms with Crippen LogP contribution < -0.4 is 0 Å². The molecule has 0 fully saturated rings. The van der Waals surface area contributed by atoms with Crippen molar-refractivity contribution in [2.75, 3.05) is 0 Å². The first kappa shape index (κ1) is 10.7. The molecule has 3 nitrogen and oxygen atoms in total. The maximum Gasteiger partial charge on any atom is 0.333 e. The molecule has 14 heavy (non-hydrogen) atoms. The molecule has 4 heteroatoms. The summed E-state index contributed by atoms with van der Waals surface area (Å²) in [7, 11) is 0. The van der Waals surface area contributed by atoms with Crippen molar-refractivity contribution >= 4 is 5.97 Å². The van der Waals surface area contributed by atoms with Crippen molar-refractivity contribution in [3.63, 3.8) is 0 Å². The first-order chi connectivity index (χ1) is 6.52. The van der Waals surface area contributed by atoms with Gasteiger partial charge < -0.3 is 10.2 Å².